The van der Waals surface area contributed by atoms with Crippen LogP contribution < -0.4 is 0 Å². The van der Waals surface area contributed by atoms with E-state index in [4.69, 9.17) is 0 Å². The normalized spacial score (nSPS) is 20.0. The van der Waals surface area contributed by atoms with Gasteiger partial charge in [-0.15, -0.1) is 0 Å². The van der Waals surface area contributed by atoms with Crippen LogP contribution in [0.1, 0.15) is 73.6 Å². The first-order valence-electron chi connectivity index (χ1n) is 10.6. The molecule has 0 N–H and O–H groups in total. The lowest BCUT2D eigenvalue weighted by molar-refractivity contribution is 0.289. The third-order valence-electron chi connectivity index (χ3n) is 6.29. The van der Waals surface area contributed by atoms with Crippen molar-refractivity contribution in [1.29, 1.82) is 0 Å². The van der Waals surface area contributed by atoms with Crippen molar-refractivity contribution in [3.8, 4) is 0 Å². The lowest BCUT2D eigenvalue weighted by atomic mass is 9.77. The van der Waals surface area contributed by atoms with Crippen LogP contribution in [0.2, 0.25) is 0 Å². The van der Waals surface area contributed by atoms with Crippen LogP contribution in [0.4, 0.5) is 0 Å². The molecule has 0 amide bonds. The van der Waals surface area contributed by atoms with E-state index in [-0.39, 0.29) is 0 Å². The summed E-state index contributed by atoms with van der Waals surface area (Å²) in [4.78, 5) is 2.56. The maximum atomic E-state index is 2.56. The molecule has 1 aliphatic rings. The summed E-state index contributed by atoms with van der Waals surface area (Å²) in [7, 11) is 0. The maximum Gasteiger partial charge on any atom is -0.00187 e. The van der Waals surface area contributed by atoms with Crippen molar-refractivity contribution in [3.05, 3.63) is 70.8 Å². The molecule has 0 spiro atoms. The Kier molecular flexibility index (Phi) is 6.91. The zero-order valence-corrected chi connectivity index (χ0v) is 16.9. The van der Waals surface area contributed by atoms with Crippen molar-refractivity contribution in [2.75, 3.05) is 19.6 Å². The first-order chi connectivity index (χ1) is 12.7. The summed E-state index contributed by atoms with van der Waals surface area (Å²) in [5.41, 5.74) is 6.12. The van der Waals surface area contributed by atoms with Crippen molar-refractivity contribution in [1.82, 2.24) is 4.90 Å². The number of rotatable bonds is 7. The summed E-state index contributed by atoms with van der Waals surface area (Å²) in [5.74, 6) is 1.32. The molecule has 0 aliphatic heterocycles. The van der Waals surface area contributed by atoms with Gasteiger partial charge in [-0.25, -0.2) is 0 Å². The number of benzene rings is 2. The van der Waals surface area contributed by atoms with Gasteiger partial charge in [0.05, 0.1) is 0 Å². The lowest BCUT2D eigenvalue weighted by Crippen LogP contribution is -2.24. The molecule has 0 radical (unpaired) electrons. The smallest absolute Gasteiger partial charge is 0.00187 e. The molecule has 0 fully saturated rings. The minimum atomic E-state index is 0.659. The Morgan fingerprint density at radius 1 is 0.962 bits per heavy atom. The van der Waals surface area contributed by atoms with Crippen molar-refractivity contribution >= 4 is 0 Å². The van der Waals surface area contributed by atoms with Crippen molar-refractivity contribution in [2.24, 2.45) is 0 Å². The first kappa shape index (κ1) is 19.2. The maximum absolute atomic E-state index is 2.56. The third-order valence-corrected chi connectivity index (χ3v) is 6.29. The second-order valence-electron chi connectivity index (χ2n) is 7.88. The third kappa shape index (κ3) is 4.57. The highest BCUT2D eigenvalue weighted by Gasteiger charge is 2.28. The molecule has 1 heteroatoms. The second-order valence-corrected chi connectivity index (χ2v) is 7.88. The van der Waals surface area contributed by atoms with E-state index in [2.05, 4.69) is 74.2 Å². The van der Waals surface area contributed by atoms with Gasteiger partial charge in [-0.2, -0.15) is 0 Å². The monoisotopic (exact) mass is 349 g/mol. The molecule has 2 aromatic carbocycles. The number of hydrogen-bond acceptors (Lipinski definition) is 1. The van der Waals surface area contributed by atoms with Crippen LogP contribution >= 0.6 is 0 Å². The zero-order valence-electron chi connectivity index (χ0n) is 16.9. The molecule has 140 valence electrons. The van der Waals surface area contributed by atoms with Crippen LogP contribution in [0.15, 0.2) is 48.5 Å². The Morgan fingerprint density at radius 2 is 1.69 bits per heavy atom. The Labute approximate surface area is 160 Å². The average molecular weight is 350 g/mol. The van der Waals surface area contributed by atoms with E-state index in [1.54, 1.807) is 16.7 Å². The minimum absolute atomic E-state index is 0.659. The first-order valence-corrected chi connectivity index (χ1v) is 10.6. The molecular weight excluding hydrogens is 314 g/mol. The SMILES string of the molecule is CCN(CC)CCC[C@@H]1c2ccccc2CCC[C@@H]1c1ccc(C)cc1. The number of hydrogen-bond donors (Lipinski definition) is 0. The summed E-state index contributed by atoms with van der Waals surface area (Å²) < 4.78 is 0. The van der Waals surface area contributed by atoms with Gasteiger partial charge in [-0.1, -0.05) is 67.9 Å². The van der Waals surface area contributed by atoms with Gasteiger partial charge in [0.2, 0.25) is 0 Å². The molecule has 2 atom stereocenters. The fourth-order valence-corrected chi connectivity index (χ4v) is 4.70. The van der Waals surface area contributed by atoms with Crippen LogP contribution in [0.5, 0.6) is 0 Å². The fraction of sp³-hybridized carbons (Fsp3) is 0.520. The number of nitrogens with zero attached hydrogens (tertiary/aromatic N) is 1. The molecule has 0 saturated heterocycles. The van der Waals surface area contributed by atoms with E-state index >= 15 is 0 Å². The van der Waals surface area contributed by atoms with Gasteiger partial charge in [0, 0.05) is 0 Å². The van der Waals surface area contributed by atoms with E-state index in [0.29, 0.717) is 11.8 Å². The quantitative estimate of drug-likeness (QED) is 0.529. The summed E-state index contributed by atoms with van der Waals surface area (Å²) in [6, 6.07) is 18.6. The van der Waals surface area contributed by atoms with Gasteiger partial charge in [-0.05, 0) is 87.2 Å². The molecule has 1 nitrogen and oxygen atoms in total. The highest BCUT2D eigenvalue weighted by molar-refractivity contribution is 5.37. The Morgan fingerprint density at radius 3 is 2.42 bits per heavy atom. The van der Waals surface area contributed by atoms with E-state index in [0.717, 1.165) is 0 Å². The fourth-order valence-electron chi connectivity index (χ4n) is 4.70. The van der Waals surface area contributed by atoms with E-state index in [9.17, 15) is 0 Å². The number of fused-ring (bicyclic) bond motifs is 1. The van der Waals surface area contributed by atoms with E-state index < -0.39 is 0 Å². The summed E-state index contributed by atoms with van der Waals surface area (Å²) >= 11 is 0. The molecular formula is C25H35N. The predicted molar refractivity (Wildman–Crippen MR) is 113 cm³/mol. The van der Waals surface area contributed by atoms with Gasteiger partial charge >= 0.3 is 0 Å². The Hall–Kier alpha value is -1.60. The highest BCUT2D eigenvalue weighted by atomic mass is 15.1. The van der Waals surface area contributed by atoms with Crippen molar-refractivity contribution < 1.29 is 0 Å². The van der Waals surface area contributed by atoms with Gasteiger partial charge < -0.3 is 4.90 Å². The number of aryl methyl sites for hydroxylation is 2. The largest absolute Gasteiger partial charge is 0.304 e. The summed E-state index contributed by atoms with van der Waals surface area (Å²) in [6.07, 6.45) is 6.45. The highest BCUT2D eigenvalue weighted by Crippen LogP contribution is 2.43. The molecule has 3 rings (SSSR count). The van der Waals surface area contributed by atoms with Gasteiger partial charge in [0.1, 0.15) is 0 Å². The topological polar surface area (TPSA) is 3.24 Å². The molecule has 1 aliphatic carbocycles. The molecule has 0 unspecified atom stereocenters. The summed E-state index contributed by atoms with van der Waals surface area (Å²) in [6.45, 7) is 10.3. The second kappa shape index (κ2) is 9.37. The van der Waals surface area contributed by atoms with Crippen molar-refractivity contribution in [3.63, 3.8) is 0 Å². The van der Waals surface area contributed by atoms with Crippen LogP contribution in [-0.2, 0) is 6.42 Å². The molecule has 0 saturated carbocycles. The zero-order chi connectivity index (χ0) is 18.4. The minimum Gasteiger partial charge on any atom is -0.304 e. The standard InChI is InChI=1S/C25H35N/c1-4-26(5-2)19-9-14-25-23-12-7-6-10-21(23)11-8-13-24(25)22-17-15-20(3)16-18-22/h6-7,10,12,15-18,24-25H,4-5,8-9,11,13-14,19H2,1-3H3/t24-,25-/m1/s1. The van der Waals surface area contributed by atoms with E-state index in [1.165, 1.54) is 57.3 Å². The Balaban J connectivity index is 1.85. The van der Waals surface area contributed by atoms with Crippen LogP contribution in [-0.4, -0.2) is 24.5 Å². The molecule has 0 aromatic heterocycles. The van der Waals surface area contributed by atoms with Crippen LogP contribution in [0.25, 0.3) is 0 Å². The van der Waals surface area contributed by atoms with Crippen LogP contribution in [0.3, 0.4) is 0 Å². The van der Waals surface area contributed by atoms with Gasteiger partial charge in [-0.3, -0.25) is 0 Å². The molecule has 26 heavy (non-hydrogen) atoms. The van der Waals surface area contributed by atoms with Crippen LogP contribution in [0, 0.1) is 6.92 Å². The van der Waals surface area contributed by atoms with E-state index in [1.807, 2.05) is 0 Å². The van der Waals surface area contributed by atoms with Crippen molar-refractivity contribution in [2.45, 2.75) is 64.7 Å². The Bertz CT molecular complexity index is 669. The molecule has 0 heterocycles. The molecule has 0 bridgehead atoms. The van der Waals surface area contributed by atoms with Gasteiger partial charge in [0.25, 0.3) is 0 Å². The average Bonchev–Trinajstić information content (AvgIpc) is 2.85. The molecule has 2 aromatic rings. The lowest BCUT2D eigenvalue weighted by Gasteiger charge is -2.28. The van der Waals surface area contributed by atoms with Gasteiger partial charge in [0.15, 0.2) is 0 Å². The predicted octanol–water partition coefficient (Wildman–Crippen LogP) is 6.32. The summed E-state index contributed by atoms with van der Waals surface area (Å²) in [5, 5.41) is 0.